The summed E-state index contributed by atoms with van der Waals surface area (Å²) < 4.78 is 5.68. The van der Waals surface area contributed by atoms with E-state index in [9.17, 15) is 0 Å². The monoisotopic (exact) mass is 245 g/mol. The van der Waals surface area contributed by atoms with Crippen LogP contribution in [0.3, 0.4) is 0 Å². The van der Waals surface area contributed by atoms with Crippen LogP contribution < -0.4 is 0 Å². The number of hydrogen-bond donors (Lipinski definition) is 0. The van der Waals surface area contributed by atoms with Gasteiger partial charge in [-0.25, -0.2) is 4.98 Å². The Morgan fingerprint density at radius 1 is 1.61 bits per heavy atom. The molecule has 1 fully saturated rings. The number of pyridine rings is 1. The molecule has 2 atom stereocenters. The molecule has 0 N–H and O–H groups in total. The molecular formula is C14H19N3O. The minimum absolute atomic E-state index is 0.259. The van der Waals surface area contributed by atoms with E-state index in [1.54, 1.807) is 6.20 Å². The second kappa shape index (κ2) is 5.94. The molecule has 18 heavy (non-hydrogen) atoms. The van der Waals surface area contributed by atoms with Gasteiger partial charge in [0.2, 0.25) is 0 Å². The van der Waals surface area contributed by atoms with Crippen molar-refractivity contribution in [2.24, 2.45) is 0 Å². The lowest BCUT2D eigenvalue weighted by molar-refractivity contribution is -0.0592. The summed E-state index contributed by atoms with van der Waals surface area (Å²) in [6.07, 6.45) is 2.99. The Balaban J connectivity index is 2.13. The van der Waals surface area contributed by atoms with Gasteiger partial charge in [-0.05, 0) is 19.4 Å². The molecular weight excluding hydrogens is 226 g/mol. The Hall–Kier alpha value is -1.44. The fourth-order valence-electron chi connectivity index (χ4n) is 2.37. The molecule has 2 heterocycles. The van der Waals surface area contributed by atoms with Crippen LogP contribution in [-0.2, 0) is 11.3 Å². The number of ether oxygens (including phenoxy) is 1. The topological polar surface area (TPSA) is 49.1 Å². The highest BCUT2D eigenvalue weighted by molar-refractivity contribution is 5.30. The molecule has 1 aliphatic rings. The molecule has 2 unspecified atom stereocenters. The predicted molar refractivity (Wildman–Crippen MR) is 68.9 cm³/mol. The van der Waals surface area contributed by atoms with E-state index in [0.717, 1.165) is 31.7 Å². The third-order valence-corrected chi connectivity index (χ3v) is 3.42. The van der Waals surface area contributed by atoms with Crippen molar-refractivity contribution in [3.8, 4) is 6.07 Å². The number of rotatable bonds is 3. The first-order valence-electron chi connectivity index (χ1n) is 6.44. The maximum atomic E-state index is 9.07. The Morgan fingerprint density at radius 3 is 3.17 bits per heavy atom. The standard InChI is InChI=1S/C14H19N3O/c1-3-13-10-18-11(2)8-17(13)9-12-5-4-6-16-14(12)7-15/h4-6,11,13H,3,8-10H2,1-2H3. The van der Waals surface area contributed by atoms with Crippen molar-refractivity contribution in [2.75, 3.05) is 13.2 Å². The summed E-state index contributed by atoms with van der Waals surface area (Å²) in [6.45, 7) is 6.74. The molecule has 0 aliphatic carbocycles. The Kier molecular flexibility index (Phi) is 4.29. The molecule has 4 nitrogen and oxygen atoms in total. The van der Waals surface area contributed by atoms with E-state index < -0.39 is 0 Å². The normalized spacial score (nSPS) is 24.7. The smallest absolute Gasteiger partial charge is 0.144 e. The SMILES string of the molecule is CCC1COC(C)CN1Cc1cccnc1C#N. The van der Waals surface area contributed by atoms with Crippen LogP contribution in [0, 0.1) is 11.3 Å². The van der Waals surface area contributed by atoms with Gasteiger partial charge in [0.15, 0.2) is 0 Å². The van der Waals surface area contributed by atoms with Gasteiger partial charge in [-0.1, -0.05) is 13.0 Å². The zero-order chi connectivity index (χ0) is 13.0. The largest absolute Gasteiger partial charge is 0.376 e. The van der Waals surface area contributed by atoms with Crippen LogP contribution in [0.15, 0.2) is 18.3 Å². The van der Waals surface area contributed by atoms with Crippen LogP contribution >= 0.6 is 0 Å². The summed E-state index contributed by atoms with van der Waals surface area (Å²) >= 11 is 0. The van der Waals surface area contributed by atoms with Crippen molar-refractivity contribution in [3.63, 3.8) is 0 Å². The van der Waals surface area contributed by atoms with E-state index in [1.165, 1.54) is 0 Å². The number of morpholine rings is 1. The molecule has 4 heteroatoms. The minimum atomic E-state index is 0.259. The molecule has 96 valence electrons. The van der Waals surface area contributed by atoms with E-state index in [4.69, 9.17) is 10.00 Å². The molecule has 0 aromatic carbocycles. The fraction of sp³-hybridized carbons (Fsp3) is 0.571. The van der Waals surface area contributed by atoms with Crippen LogP contribution in [0.5, 0.6) is 0 Å². The second-order valence-electron chi connectivity index (χ2n) is 4.76. The van der Waals surface area contributed by atoms with Gasteiger partial charge in [0.25, 0.3) is 0 Å². The molecule has 0 radical (unpaired) electrons. The molecule has 0 bridgehead atoms. The van der Waals surface area contributed by atoms with E-state index in [2.05, 4.69) is 29.8 Å². The first-order chi connectivity index (χ1) is 8.74. The summed E-state index contributed by atoms with van der Waals surface area (Å²) in [5.74, 6) is 0. The average molecular weight is 245 g/mol. The predicted octanol–water partition coefficient (Wildman–Crippen LogP) is 1.95. The van der Waals surface area contributed by atoms with Gasteiger partial charge in [-0.15, -0.1) is 0 Å². The number of nitrogens with zero attached hydrogens (tertiary/aromatic N) is 3. The van der Waals surface area contributed by atoms with Crippen LogP contribution in [0.1, 0.15) is 31.5 Å². The van der Waals surface area contributed by atoms with E-state index >= 15 is 0 Å². The molecule has 0 saturated carbocycles. The average Bonchev–Trinajstić information content (AvgIpc) is 2.40. The zero-order valence-corrected chi connectivity index (χ0v) is 11.0. The Morgan fingerprint density at radius 2 is 2.44 bits per heavy atom. The fourth-order valence-corrected chi connectivity index (χ4v) is 2.37. The van der Waals surface area contributed by atoms with Crippen molar-refractivity contribution in [3.05, 3.63) is 29.6 Å². The molecule has 1 saturated heterocycles. The molecule has 2 rings (SSSR count). The highest BCUT2D eigenvalue weighted by Gasteiger charge is 2.26. The van der Waals surface area contributed by atoms with Crippen molar-refractivity contribution in [1.82, 2.24) is 9.88 Å². The lowest BCUT2D eigenvalue weighted by Gasteiger charge is -2.38. The third kappa shape index (κ3) is 2.87. The number of aromatic nitrogens is 1. The second-order valence-corrected chi connectivity index (χ2v) is 4.76. The minimum Gasteiger partial charge on any atom is -0.376 e. The van der Waals surface area contributed by atoms with Gasteiger partial charge >= 0.3 is 0 Å². The highest BCUT2D eigenvalue weighted by atomic mass is 16.5. The first-order valence-corrected chi connectivity index (χ1v) is 6.44. The maximum Gasteiger partial charge on any atom is 0.144 e. The highest BCUT2D eigenvalue weighted by Crippen LogP contribution is 2.18. The molecule has 1 aromatic heterocycles. The lowest BCUT2D eigenvalue weighted by Crippen LogP contribution is -2.48. The summed E-state index contributed by atoms with van der Waals surface area (Å²) in [5.41, 5.74) is 1.54. The van der Waals surface area contributed by atoms with Gasteiger partial charge in [-0.2, -0.15) is 5.26 Å². The summed E-state index contributed by atoms with van der Waals surface area (Å²) in [4.78, 5) is 6.51. The molecule has 0 amide bonds. The zero-order valence-electron chi connectivity index (χ0n) is 11.0. The molecule has 1 aromatic rings. The van der Waals surface area contributed by atoms with Gasteiger partial charge in [0, 0.05) is 30.9 Å². The van der Waals surface area contributed by atoms with E-state index in [-0.39, 0.29) is 6.10 Å². The van der Waals surface area contributed by atoms with Crippen molar-refractivity contribution in [2.45, 2.75) is 39.0 Å². The maximum absolute atomic E-state index is 9.07. The van der Waals surface area contributed by atoms with Gasteiger partial charge in [-0.3, -0.25) is 4.90 Å². The van der Waals surface area contributed by atoms with E-state index in [0.29, 0.717) is 11.7 Å². The van der Waals surface area contributed by atoms with Crippen LogP contribution in [0.25, 0.3) is 0 Å². The summed E-state index contributed by atoms with van der Waals surface area (Å²) in [5, 5.41) is 9.07. The van der Waals surface area contributed by atoms with Crippen molar-refractivity contribution in [1.29, 1.82) is 5.26 Å². The lowest BCUT2D eigenvalue weighted by atomic mass is 10.1. The molecule has 1 aliphatic heterocycles. The van der Waals surface area contributed by atoms with E-state index in [1.807, 2.05) is 12.1 Å². The molecule has 0 spiro atoms. The number of hydrogen-bond acceptors (Lipinski definition) is 4. The van der Waals surface area contributed by atoms with Crippen LogP contribution in [-0.4, -0.2) is 35.2 Å². The number of nitriles is 1. The van der Waals surface area contributed by atoms with Gasteiger partial charge in [0.1, 0.15) is 11.8 Å². The summed E-state index contributed by atoms with van der Waals surface area (Å²) in [7, 11) is 0. The van der Waals surface area contributed by atoms with Crippen molar-refractivity contribution >= 4 is 0 Å². The van der Waals surface area contributed by atoms with Crippen LogP contribution in [0.4, 0.5) is 0 Å². The third-order valence-electron chi connectivity index (χ3n) is 3.42. The van der Waals surface area contributed by atoms with Crippen molar-refractivity contribution < 1.29 is 4.74 Å². The van der Waals surface area contributed by atoms with Crippen LogP contribution in [0.2, 0.25) is 0 Å². The quantitative estimate of drug-likeness (QED) is 0.816. The van der Waals surface area contributed by atoms with Gasteiger partial charge < -0.3 is 4.74 Å². The first kappa shape index (κ1) is 13.0. The summed E-state index contributed by atoms with van der Waals surface area (Å²) in [6, 6.07) is 6.47. The Labute approximate surface area is 108 Å². The Bertz CT molecular complexity index is 441. The van der Waals surface area contributed by atoms with Gasteiger partial charge in [0.05, 0.1) is 12.7 Å².